The van der Waals surface area contributed by atoms with Crippen molar-refractivity contribution >= 4 is 0 Å². The fourth-order valence-corrected chi connectivity index (χ4v) is 4.19. The standard InChI is InChI=1S/C20H32N2/c1-4-16(2)18(19-15-22-13-11-20(19)22)10-6-5-8-17-9-7-12-21(3)14-17/h7,9,11,13,17,19-20H,4-6,8,10,12,14-15H2,1-3H3/b18-16+/t17-,19?,20?/m0/s1. The van der Waals surface area contributed by atoms with E-state index in [4.69, 9.17) is 0 Å². The van der Waals surface area contributed by atoms with E-state index in [-0.39, 0.29) is 0 Å². The molecule has 0 spiro atoms. The van der Waals surface area contributed by atoms with Gasteiger partial charge in [0.25, 0.3) is 0 Å². The number of likely N-dealkylation sites (N-methyl/N-ethyl adjacent to an activating group) is 1. The van der Waals surface area contributed by atoms with E-state index < -0.39 is 0 Å². The first-order valence-corrected chi connectivity index (χ1v) is 9.16. The van der Waals surface area contributed by atoms with Crippen LogP contribution in [0.4, 0.5) is 0 Å². The summed E-state index contributed by atoms with van der Waals surface area (Å²) >= 11 is 0. The third kappa shape index (κ3) is 3.32. The third-order valence-electron chi connectivity index (χ3n) is 5.85. The lowest BCUT2D eigenvalue weighted by Gasteiger charge is -2.53. The molecule has 3 aliphatic heterocycles. The third-order valence-corrected chi connectivity index (χ3v) is 5.85. The van der Waals surface area contributed by atoms with Gasteiger partial charge < -0.3 is 9.80 Å². The topological polar surface area (TPSA) is 6.48 Å². The highest BCUT2D eigenvalue weighted by Crippen LogP contribution is 2.41. The molecule has 1 fully saturated rings. The van der Waals surface area contributed by atoms with Gasteiger partial charge in [-0.05, 0) is 57.8 Å². The van der Waals surface area contributed by atoms with E-state index in [0.717, 1.165) is 24.4 Å². The van der Waals surface area contributed by atoms with Crippen LogP contribution in [0.5, 0.6) is 0 Å². The van der Waals surface area contributed by atoms with Crippen molar-refractivity contribution < 1.29 is 0 Å². The second-order valence-corrected chi connectivity index (χ2v) is 7.45. The van der Waals surface area contributed by atoms with Crippen LogP contribution in [0.1, 0.15) is 46.0 Å². The molecule has 0 aromatic rings. The van der Waals surface area contributed by atoms with Gasteiger partial charge in [-0.3, -0.25) is 0 Å². The van der Waals surface area contributed by atoms with E-state index in [1.54, 1.807) is 11.1 Å². The summed E-state index contributed by atoms with van der Waals surface area (Å²) in [5.74, 6) is 1.61. The van der Waals surface area contributed by atoms with Crippen LogP contribution in [0.15, 0.2) is 35.6 Å². The van der Waals surface area contributed by atoms with E-state index >= 15 is 0 Å². The average Bonchev–Trinajstić information content (AvgIpc) is 2.50. The number of fused-ring (bicyclic) bond motifs is 1. The zero-order valence-electron chi connectivity index (χ0n) is 14.6. The molecule has 3 aliphatic rings. The maximum atomic E-state index is 2.48. The highest BCUT2D eigenvalue weighted by molar-refractivity contribution is 5.29. The van der Waals surface area contributed by atoms with Gasteiger partial charge in [-0.15, -0.1) is 0 Å². The van der Waals surface area contributed by atoms with E-state index in [1.807, 2.05) is 0 Å². The zero-order valence-corrected chi connectivity index (χ0v) is 14.6. The van der Waals surface area contributed by atoms with Crippen molar-refractivity contribution in [2.75, 3.05) is 26.7 Å². The number of unbranched alkanes of at least 4 members (excludes halogenated alkanes) is 1. The number of hydrogen-bond donors (Lipinski definition) is 0. The summed E-state index contributed by atoms with van der Waals surface area (Å²) in [7, 11) is 2.23. The van der Waals surface area contributed by atoms with Gasteiger partial charge in [0, 0.05) is 25.6 Å². The number of allylic oxidation sites excluding steroid dienone is 1. The minimum absolute atomic E-state index is 0.742. The number of rotatable bonds is 7. The molecule has 2 unspecified atom stereocenters. The summed E-state index contributed by atoms with van der Waals surface area (Å²) in [4.78, 5) is 4.92. The van der Waals surface area contributed by atoms with E-state index in [9.17, 15) is 0 Å². The van der Waals surface area contributed by atoms with Crippen molar-refractivity contribution in [2.24, 2.45) is 11.8 Å². The van der Waals surface area contributed by atoms with Crippen LogP contribution in [0.2, 0.25) is 0 Å². The Hall–Kier alpha value is -1.02. The van der Waals surface area contributed by atoms with Crippen molar-refractivity contribution in [3.63, 3.8) is 0 Å². The summed E-state index contributed by atoms with van der Waals surface area (Å²) in [5, 5.41) is 0. The minimum atomic E-state index is 0.742. The fourth-order valence-electron chi connectivity index (χ4n) is 4.19. The number of hydrogen-bond acceptors (Lipinski definition) is 2. The second-order valence-electron chi connectivity index (χ2n) is 7.45. The van der Waals surface area contributed by atoms with Crippen molar-refractivity contribution in [2.45, 2.75) is 52.0 Å². The molecule has 3 heterocycles. The normalized spacial score (nSPS) is 31.4. The molecular formula is C20H32N2. The van der Waals surface area contributed by atoms with Crippen molar-refractivity contribution in [3.05, 3.63) is 35.6 Å². The maximum absolute atomic E-state index is 2.48. The molecule has 3 rings (SSSR count). The maximum Gasteiger partial charge on any atom is 0.0567 e. The van der Waals surface area contributed by atoms with Gasteiger partial charge in [0.05, 0.1) is 6.04 Å². The molecule has 0 saturated carbocycles. The van der Waals surface area contributed by atoms with Crippen molar-refractivity contribution in [3.8, 4) is 0 Å². The SMILES string of the molecule is CC/C(C)=C(\CCCC[C@H]1C=CCN(C)C1)C1CN2C=CC12. The largest absolute Gasteiger partial charge is 0.370 e. The molecular weight excluding hydrogens is 268 g/mol. The van der Waals surface area contributed by atoms with Gasteiger partial charge >= 0.3 is 0 Å². The van der Waals surface area contributed by atoms with Crippen molar-refractivity contribution in [1.29, 1.82) is 0 Å². The summed E-state index contributed by atoms with van der Waals surface area (Å²) in [5.41, 5.74) is 3.44. The summed E-state index contributed by atoms with van der Waals surface area (Å²) in [6.07, 6.45) is 16.1. The zero-order chi connectivity index (χ0) is 15.5. The molecule has 2 heteroatoms. The Morgan fingerprint density at radius 1 is 1.18 bits per heavy atom. The van der Waals surface area contributed by atoms with Crippen LogP contribution in [-0.4, -0.2) is 42.5 Å². The molecule has 3 atom stereocenters. The summed E-state index contributed by atoms with van der Waals surface area (Å²) in [6.45, 7) is 8.32. The molecule has 0 bridgehead atoms. The molecule has 0 aromatic heterocycles. The van der Waals surface area contributed by atoms with E-state index in [2.05, 4.69) is 55.1 Å². The van der Waals surface area contributed by atoms with E-state index in [0.29, 0.717) is 0 Å². The van der Waals surface area contributed by atoms with Gasteiger partial charge in [0.15, 0.2) is 0 Å². The Kier molecular flexibility index (Phi) is 5.07. The Balaban J connectivity index is 1.45. The lowest BCUT2D eigenvalue weighted by Crippen LogP contribution is -2.57. The predicted molar refractivity (Wildman–Crippen MR) is 94.7 cm³/mol. The van der Waals surface area contributed by atoms with Crippen LogP contribution in [0.25, 0.3) is 0 Å². The second kappa shape index (κ2) is 7.04. The van der Waals surface area contributed by atoms with Gasteiger partial charge in [-0.2, -0.15) is 0 Å². The molecule has 2 nitrogen and oxygen atoms in total. The summed E-state index contributed by atoms with van der Waals surface area (Å²) < 4.78 is 0. The Morgan fingerprint density at radius 3 is 2.64 bits per heavy atom. The van der Waals surface area contributed by atoms with Crippen LogP contribution < -0.4 is 0 Å². The molecule has 1 saturated heterocycles. The van der Waals surface area contributed by atoms with Gasteiger partial charge in [0.2, 0.25) is 0 Å². The van der Waals surface area contributed by atoms with Crippen LogP contribution in [0, 0.1) is 11.8 Å². The highest BCUT2D eigenvalue weighted by Gasteiger charge is 2.41. The van der Waals surface area contributed by atoms with Gasteiger partial charge in [-0.1, -0.05) is 36.6 Å². The van der Waals surface area contributed by atoms with Gasteiger partial charge in [0.1, 0.15) is 0 Å². The molecule has 0 N–H and O–H groups in total. The smallest absolute Gasteiger partial charge is 0.0567 e. The molecule has 0 amide bonds. The molecule has 0 aromatic carbocycles. The first-order chi connectivity index (χ1) is 10.7. The molecule has 0 aliphatic carbocycles. The average molecular weight is 300 g/mol. The van der Waals surface area contributed by atoms with Gasteiger partial charge in [-0.25, -0.2) is 0 Å². The first-order valence-electron chi connectivity index (χ1n) is 9.16. The Labute approximate surface area is 136 Å². The van der Waals surface area contributed by atoms with Crippen LogP contribution in [-0.2, 0) is 0 Å². The molecule has 122 valence electrons. The van der Waals surface area contributed by atoms with Crippen LogP contribution in [0.3, 0.4) is 0 Å². The fraction of sp³-hybridized carbons (Fsp3) is 0.700. The first kappa shape index (κ1) is 15.9. The number of nitrogens with zero attached hydrogens (tertiary/aromatic N) is 2. The Bertz CT molecular complexity index is 474. The lowest BCUT2D eigenvalue weighted by atomic mass is 9.75. The highest BCUT2D eigenvalue weighted by atomic mass is 15.2. The predicted octanol–water partition coefficient (Wildman–Crippen LogP) is 4.22. The Morgan fingerprint density at radius 2 is 2.05 bits per heavy atom. The minimum Gasteiger partial charge on any atom is -0.370 e. The molecule has 22 heavy (non-hydrogen) atoms. The van der Waals surface area contributed by atoms with Crippen LogP contribution >= 0.6 is 0 Å². The van der Waals surface area contributed by atoms with E-state index in [1.165, 1.54) is 45.2 Å². The molecule has 0 radical (unpaired) electrons. The van der Waals surface area contributed by atoms with Crippen molar-refractivity contribution in [1.82, 2.24) is 9.80 Å². The monoisotopic (exact) mass is 300 g/mol. The lowest BCUT2D eigenvalue weighted by molar-refractivity contribution is 0.0891. The summed E-state index contributed by atoms with van der Waals surface area (Å²) in [6, 6.07) is 0.742. The quantitative estimate of drug-likeness (QED) is 0.513.